The topological polar surface area (TPSA) is 27.0 Å². The van der Waals surface area contributed by atoms with E-state index in [0.29, 0.717) is 5.25 Å². The Labute approximate surface area is 99.1 Å². The average molecular weight is 236 g/mol. The molecule has 0 aromatic heterocycles. The lowest BCUT2D eigenvalue weighted by atomic mass is 10.1. The van der Waals surface area contributed by atoms with Crippen molar-refractivity contribution in [2.45, 2.75) is 12.2 Å². The van der Waals surface area contributed by atoms with Gasteiger partial charge in [-0.15, -0.1) is 0 Å². The van der Waals surface area contributed by atoms with E-state index < -0.39 is 5.82 Å². The van der Waals surface area contributed by atoms with Crippen LogP contribution in [0.2, 0.25) is 0 Å². The molecule has 0 N–H and O–H groups in total. The molecule has 16 heavy (non-hydrogen) atoms. The maximum Gasteiger partial charge on any atom is 0.143 e. The van der Waals surface area contributed by atoms with E-state index in [1.54, 1.807) is 6.07 Å². The molecule has 1 unspecified atom stereocenters. The average Bonchev–Trinajstić information content (AvgIpc) is 2.28. The molecule has 0 aliphatic carbocycles. The molecule has 1 aliphatic heterocycles. The van der Waals surface area contributed by atoms with E-state index in [1.807, 2.05) is 23.9 Å². The third-order valence-corrected chi connectivity index (χ3v) is 3.82. The number of hydrogen-bond donors (Lipinski definition) is 0. The molecule has 0 bridgehead atoms. The van der Waals surface area contributed by atoms with Crippen molar-refractivity contribution in [2.24, 2.45) is 0 Å². The molecule has 4 heteroatoms. The van der Waals surface area contributed by atoms with Gasteiger partial charge < -0.3 is 4.90 Å². The van der Waals surface area contributed by atoms with Crippen molar-refractivity contribution in [3.8, 4) is 6.07 Å². The Morgan fingerprint density at radius 1 is 1.56 bits per heavy atom. The molecule has 0 radical (unpaired) electrons. The Bertz CT molecular complexity index is 428. The minimum Gasteiger partial charge on any atom is -0.368 e. The predicted octanol–water partition coefficient (Wildman–Crippen LogP) is 2.64. The van der Waals surface area contributed by atoms with Crippen molar-refractivity contribution >= 4 is 17.4 Å². The Hall–Kier alpha value is -1.21. The summed E-state index contributed by atoms with van der Waals surface area (Å²) in [5.74, 6) is 0.605. The van der Waals surface area contributed by atoms with Gasteiger partial charge in [0.15, 0.2) is 0 Å². The van der Waals surface area contributed by atoms with Gasteiger partial charge in [0.1, 0.15) is 17.4 Å². The van der Waals surface area contributed by atoms with Crippen molar-refractivity contribution in [2.75, 3.05) is 23.7 Å². The quantitative estimate of drug-likeness (QED) is 0.750. The van der Waals surface area contributed by atoms with Crippen molar-refractivity contribution in [1.82, 2.24) is 0 Å². The third-order valence-electron chi connectivity index (χ3n) is 2.69. The highest BCUT2D eigenvalue weighted by Crippen LogP contribution is 2.27. The fraction of sp³-hybridized carbons (Fsp3) is 0.417. The second-order valence-corrected chi connectivity index (χ2v) is 5.42. The second kappa shape index (κ2) is 4.75. The number of benzene rings is 1. The molecule has 1 saturated heterocycles. The van der Waals surface area contributed by atoms with Crippen LogP contribution in [0.5, 0.6) is 0 Å². The normalized spacial score (nSPS) is 20.6. The van der Waals surface area contributed by atoms with Crippen LogP contribution in [0.4, 0.5) is 10.1 Å². The Kier molecular flexibility index (Phi) is 3.35. The Morgan fingerprint density at radius 3 is 3.06 bits per heavy atom. The van der Waals surface area contributed by atoms with Crippen LogP contribution >= 0.6 is 11.8 Å². The molecule has 1 aromatic carbocycles. The van der Waals surface area contributed by atoms with Crippen LogP contribution in [0, 0.1) is 17.1 Å². The summed E-state index contributed by atoms with van der Waals surface area (Å²) >= 11 is 1.92. The lowest BCUT2D eigenvalue weighted by Crippen LogP contribution is -2.37. The van der Waals surface area contributed by atoms with Crippen LogP contribution in [0.15, 0.2) is 18.2 Å². The summed E-state index contributed by atoms with van der Waals surface area (Å²) in [6.07, 6.45) is 0. The van der Waals surface area contributed by atoms with Crippen LogP contribution in [0.1, 0.15) is 12.5 Å². The first-order chi connectivity index (χ1) is 7.72. The molecule has 1 aliphatic rings. The summed E-state index contributed by atoms with van der Waals surface area (Å²) < 4.78 is 13.4. The fourth-order valence-electron chi connectivity index (χ4n) is 1.92. The smallest absolute Gasteiger partial charge is 0.143 e. The molecule has 2 nitrogen and oxygen atoms in total. The van der Waals surface area contributed by atoms with E-state index in [0.717, 1.165) is 24.5 Å². The van der Waals surface area contributed by atoms with E-state index >= 15 is 0 Å². The zero-order chi connectivity index (χ0) is 11.5. The van der Waals surface area contributed by atoms with Gasteiger partial charge in [0.05, 0.1) is 5.69 Å². The fourth-order valence-corrected chi connectivity index (χ4v) is 2.94. The number of rotatable bonds is 1. The summed E-state index contributed by atoms with van der Waals surface area (Å²) in [6.45, 7) is 3.91. The van der Waals surface area contributed by atoms with Gasteiger partial charge in [-0.1, -0.05) is 13.0 Å². The first-order valence-electron chi connectivity index (χ1n) is 5.27. The summed E-state index contributed by atoms with van der Waals surface area (Å²) in [7, 11) is 0. The van der Waals surface area contributed by atoms with Crippen molar-refractivity contribution < 1.29 is 4.39 Å². The summed E-state index contributed by atoms with van der Waals surface area (Å²) in [4.78, 5) is 2.10. The van der Waals surface area contributed by atoms with E-state index in [-0.39, 0.29) is 5.56 Å². The molecule has 2 rings (SSSR count). The highest BCUT2D eigenvalue weighted by atomic mass is 32.2. The second-order valence-electron chi connectivity index (χ2n) is 3.87. The van der Waals surface area contributed by atoms with Crippen LogP contribution in [-0.2, 0) is 0 Å². The molecule has 84 valence electrons. The number of anilines is 1. The highest BCUT2D eigenvalue weighted by Gasteiger charge is 2.20. The van der Waals surface area contributed by atoms with Crippen LogP contribution in [0.3, 0.4) is 0 Å². The number of thioether (sulfide) groups is 1. The zero-order valence-electron chi connectivity index (χ0n) is 9.11. The highest BCUT2D eigenvalue weighted by molar-refractivity contribution is 8.00. The molecule has 0 saturated carbocycles. The van der Waals surface area contributed by atoms with E-state index in [9.17, 15) is 4.39 Å². The van der Waals surface area contributed by atoms with Crippen molar-refractivity contribution in [3.05, 3.63) is 29.6 Å². The van der Waals surface area contributed by atoms with Gasteiger partial charge >= 0.3 is 0 Å². The maximum absolute atomic E-state index is 13.4. The molecule has 1 heterocycles. The van der Waals surface area contributed by atoms with Crippen molar-refractivity contribution in [3.63, 3.8) is 0 Å². The van der Waals surface area contributed by atoms with Gasteiger partial charge in [0.25, 0.3) is 0 Å². The lowest BCUT2D eigenvalue weighted by Gasteiger charge is -2.32. The van der Waals surface area contributed by atoms with Crippen LogP contribution in [-0.4, -0.2) is 24.1 Å². The molecular formula is C12H13FN2S. The van der Waals surface area contributed by atoms with Gasteiger partial charge in [-0.05, 0) is 12.1 Å². The van der Waals surface area contributed by atoms with Gasteiger partial charge in [-0.25, -0.2) is 4.39 Å². The molecule has 1 aromatic rings. The third kappa shape index (κ3) is 2.14. The standard InChI is InChI=1S/C12H13FN2S/c1-9-8-15(5-6-16-9)12-4-2-3-11(13)10(12)7-14/h2-4,9H,5-6,8H2,1H3. The molecule has 1 atom stereocenters. The van der Waals surface area contributed by atoms with Gasteiger partial charge in [0, 0.05) is 24.1 Å². The monoisotopic (exact) mass is 236 g/mol. The lowest BCUT2D eigenvalue weighted by molar-refractivity contribution is 0.622. The van der Waals surface area contributed by atoms with E-state index in [4.69, 9.17) is 5.26 Å². The Morgan fingerprint density at radius 2 is 2.38 bits per heavy atom. The van der Waals surface area contributed by atoms with Crippen LogP contribution in [0.25, 0.3) is 0 Å². The number of nitriles is 1. The predicted molar refractivity (Wildman–Crippen MR) is 65.2 cm³/mol. The largest absolute Gasteiger partial charge is 0.368 e. The molecule has 1 fully saturated rings. The van der Waals surface area contributed by atoms with Gasteiger partial charge in [-0.3, -0.25) is 0 Å². The van der Waals surface area contributed by atoms with Crippen LogP contribution < -0.4 is 4.90 Å². The molecule has 0 spiro atoms. The number of nitrogens with zero attached hydrogens (tertiary/aromatic N) is 2. The summed E-state index contributed by atoms with van der Waals surface area (Å²) in [5.41, 5.74) is 0.899. The minimum absolute atomic E-state index is 0.168. The maximum atomic E-state index is 13.4. The zero-order valence-corrected chi connectivity index (χ0v) is 9.93. The molecular weight excluding hydrogens is 223 g/mol. The Balaban J connectivity index is 2.33. The molecule has 0 amide bonds. The van der Waals surface area contributed by atoms with Gasteiger partial charge in [-0.2, -0.15) is 17.0 Å². The summed E-state index contributed by atoms with van der Waals surface area (Å²) in [5, 5.41) is 9.51. The number of halogens is 1. The first-order valence-corrected chi connectivity index (χ1v) is 6.32. The van der Waals surface area contributed by atoms with E-state index in [2.05, 4.69) is 11.8 Å². The van der Waals surface area contributed by atoms with E-state index in [1.165, 1.54) is 6.07 Å². The van der Waals surface area contributed by atoms with Gasteiger partial charge in [0.2, 0.25) is 0 Å². The SMILES string of the molecule is CC1CN(c2cccc(F)c2C#N)CCS1. The minimum atomic E-state index is -0.425. The summed E-state index contributed by atoms with van der Waals surface area (Å²) in [6, 6.07) is 6.78. The number of hydrogen-bond acceptors (Lipinski definition) is 3. The van der Waals surface area contributed by atoms with Crippen molar-refractivity contribution in [1.29, 1.82) is 5.26 Å². The first kappa shape index (κ1) is 11.3.